The molecule has 0 bridgehead atoms. The van der Waals surface area contributed by atoms with Gasteiger partial charge in [0.05, 0.1) is 0 Å². The number of ether oxygens (including phenoxy) is 1. The Hall–Kier alpha value is -2.82. The first-order valence-corrected chi connectivity index (χ1v) is 6.96. The van der Waals surface area contributed by atoms with Crippen molar-refractivity contribution in [3.8, 4) is 0 Å². The number of carbonyl (C=O) groups is 2. The van der Waals surface area contributed by atoms with Gasteiger partial charge in [0.25, 0.3) is 0 Å². The molecule has 2 atom stereocenters. The van der Waals surface area contributed by atoms with Crippen molar-refractivity contribution < 1.29 is 19.4 Å². The number of nitrogens with zero attached hydrogens (tertiary/aromatic N) is 1. The first-order chi connectivity index (χ1) is 10.7. The number of hydrogen-bond donors (Lipinski definition) is 1. The molecule has 1 fully saturated rings. The molecule has 0 radical (unpaired) electrons. The topological polar surface area (TPSA) is 66.8 Å². The summed E-state index contributed by atoms with van der Waals surface area (Å²) < 4.78 is 5.34. The molecule has 112 valence electrons. The Labute approximate surface area is 127 Å². The number of rotatable bonds is 3. The highest BCUT2D eigenvalue weighted by Gasteiger charge is 2.42. The van der Waals surface area contributed by atoms with E-state index in [0.717, 1.165) is 0 Å². The van der Waals surface area contributed by atoms with E-state index in [4.69, 9.17) is 4.74 Å². The molecule has 1 N–H and O–H groups in total. The molecule has 0 aromatic heterocycles. The second-order valence-electron chi connectivity index (χ2n) is 5.07. The average molecular weight is 297 g/mol. The number of esters is 1. The van der Waals surface area contributed by atoms with Gasteiger partial charge in [0.1, 0.15) is 6.54 Å². The number of carbonyl (C=O) groups excluding carboxylic acids is 1. The van der Waals surface area contributed by atoms with Crippen molar-refractivity contribution in [2.45, 2.75) is 12.1 Å². The van der Waals surface area contributed by atoms with Gasteiger partial charge < -0.3 is 14.7 Å². The predicted octanol–water partition coefficient (Wildman–Crippen LogP) is 2.24. The van der Waals surface area contributed by atoms with Crippen LogP contribution in [0, 0.1) is 0 Å². The van der Waals surface area contributed by atoms with Crippen molar-refractivity contribution >= 4 is 17.6 Å². The zero-order valence-corrected chi connectivity index (χ0v) is 11.8. The summed E-state index contributed by atoms with van der Waals surface area (Å²) in [5, 5.41) is 9.66. The third-order valence-corrected chi connectivity index (χ3v) is 3.65. The van der Waals surface area contributed by atoms with Crippen LogP contribution in [0.25, 0.3) is 0 Å². The first-order valence-electron chi connectivity index (χ1n) is 6.96. The van der Waals surface area contributed by atoms with Gasteiger partial charge in [-0.15, -0.1) is 0 Å². The minimum Gasteiger partial charge on any atom is -0.480 e. The molecule has 2 unspecified atom stereocenters. The maximum atomic E-state index is 11.9. The fourth-order valence-electron chi connectivity index (χ4n) is 2.67. The maximum Gasteiger partial charge on any atom is 0.330 e. The van der Waals surface area contributed by atoms with Crippen LogP contribution in [-0.2, 0) is 14.3 Å². The third-order valence-electron chi connectivity index (χ3n) is 3.65. The van der Waals surface area contributed by atoms with E-state index in [2.05, 4.69) is 0 Å². The second-order valence-corrected chi connectivity index (χ2v) is 5.07. The minimum absolute atomic E-state index is 0.0791. The number of carboxylic acid groups (broad SMARTS) is 1. The normalized spacial score (nSPS) is 21.3. The molecule has 0 aliphatic carbocycles. The van der Waals surface area contributed by atoms with Crippen molar-refractivity contribution in [3.05, 3.63) is 66.2 Å². The largest absolute Gasteiger partial charge is 0.480 e. The average Bonchev–Trinajstić information content (AvgIpc) is 2.55. The Morgan fingerprint density at radius 2 is 1.64 bits per heavy atom. The highest BCUT2D eigenvalue weighted by molar-refractivity contribution is 5.86. The van der Waals surface area contributed by atoms with Gasteiger partial charge >= 0.3 is 11.9 Å². The summed E-state index contributed by atoms with van der Waals surface area (Å²) in [7, 11) is 0. The summed E-state index contributed by atoms with van der Waals surface area (Å²) in [6.07, 6.45) is -0.833. The van der Waals surface area contributed by atoms with Gasteiger partial charge in [0, 0.05) is 5.69 Å². The summed E-state index contributed by atoms with van der Waals surface area (Å²) in [4.78, 5) is 25.3. The molecule has 5 nitrogen and oxygen atoms in total. The lowest BCUT2D eigenvalue weighted by Gasteiger charge is -2.39. The number of cyclic esters (lactones) is 1. The van der Waals surface area contributed by atoms with E-state index in [1.54, 1.807) is 41.3 Å². The van der Waals surface area contributed by atoms with E-state index >= 15 is 0 Å². The lowest BCUT2D eigenvalue weighted by atomic mass is 9.98. The van der Waals surface area contributed by atoms with E-state index in [1.165, 1.54) is 0 Å². The monoisotopic (exact) mass is 297 g/mol. The third kappa shape index (κ3) is 2.65. The van der Waals surface area contributed by atoms with Crippen molar-refractivity contribution in [1.82, 2.24) is 0 Å². The van der Waals surface area contributed by atoms with E-state index in [-0.39, 0.29) is 6.54 Å². The Morgan fingerprint density at radius 3 is 2.23 bits per heavy atom. The second kappa shape index (κ2) is 5.89. The van der Waals surface area contributed by atoms with Gasteiger partial charge in [-0.05, 0) is 17.7 Å². The van der Waals surface area contributed by atoms with Crippen LogP contribution in [0.1, 0.15) is 11.7 Å². The lowest BCUT2D eigenvalue weighted by Crippen LogP contribution is -2.53. The summed E-state index contributed by atoms with van der Waals surface area (Å²) in [6, 6.07) is 17.0. The number of anilines is 1. The standard InChI is InChI=1S/C17H15NO4/c19-14-11-18(13-9-5-2-6-10-13)15(17(20)21)16(22-14)12-7-3-1-4-8-12/h1-10,15-16H,11H2,(H,20,21). The summed E-state index contributed by atoms with van der Waals surface area (Å²) in [5.74, 6) is -1.46. The molecule has 1 saturated heterocycles. The van der Waals surface area contributed by atoms with Crippen LogP contribution < -0.4 is 4.90 Å². The molecule has 1 aliphatic heterocycles. The van der Waals surface area contributed by atoms with E-state index in [1.807, 2.05) is 24.3 Å². The van der Waals surface area contributed by atoms with Crippen LogP contribution in [0.3, 0.4) is 0 Å². The Bertz CT molecular complexity index is 620. The molecule has 2 aromatic carbocycles. The zero-order chi connectivity index (χ0) is 15.5. The van der Waals surface area contributed by atoms with Gasteiger partial charge in [0.15, 0.2) is 12.1 Å². The lowest BCUT2D eigenvalue weighted by molar-refractivity contribution is -0.159. The van der Waals surface area contributed by atoms with Crippen LogP contribution in [0.15, 0.2) is 60.7 Å². The quantitative estimate of drug-likeness (QED) is 0.880. The van der Waals surface area contributed by atoms with Gasteiger partial charge in [-0.1, -0.05) is 48.5 Å². The van der Waals surface area contributed by atoms with Gasteiger partial charge in [0.2, 0.25) is 0 Å². The molecule has 0 spiro atoms. The molecule has 0 amide bonds. The molecule has 0 saturated carbocycles. The molecule has 1 heterocycles. The van der Waals surface area contributed by atoms with Gasteiger partial charge in [-0.3, -0.25) is 4.79 Å². The highest BCUT2D eigenvalue weighted by atomic mass is 16.6. The van der Waals surface area contributed by atoms with Crippen LogP contribution in [0.4, 0.5) is 5.69 Å². The van der Waals surface area contributed by atoms with Crippen LogP contribution in [0.2, 0.25) is 0 Å². The fourth-order valence-corrected chi connectivity index (χ4v) is 2.67. The molecule has 2 aromatic rings. The van der Waals surface area contributed by atoms with Crippen LogP contribution in [-0.4, -0.2) is 29.6 Å². The molecule has 22 heavy (non-hydrogen) atoms. The summed E-state index contributed by atoms with van der Waals surface area (Å²) >= 11 is 0. The maximum absolute atomic E-state index is 11.9. The van der Waals surface area contributed by atoms with E-state index in [9.17, 15) is 14.7 Å². The number of carboxylic acids is 1. The number of morpholine rings is 1. The number of aliphatic carboxylic acids is 1. The van der Waals surface area contributed by atoms with Crippen molar-refractivity contribution in [1.29, 1.82) is 0 Å². The zero-order valence-electron chi connectivity index (χ0n) is 11.8. The first kappa shape index (κ1) is 14.1. The SMILES string of the molecule is O=C1CN(c2ccccc2)C(C(=O)O)C(c2ccccc2)O1. The van der Waals surface area contributed by atoms with Crippen LogP contribution >= 0.6 is 0 Å². The van der Waals surface area contributed by atoms with Gasteiger partial charge in [-0.25, -0.2) is 4.79 Å². The molecule has 1 aliphatic rings. The molecular weight excluding hydrogens is 282 g/mol. The van der Waals surface area contributed by atoms with Crippen molar-refractivity contribution in [2.24, 2.45) is 0 Å². The van der Waals surface area contributed by atoms with Crippen LogP contribution in [0.5, 0.6) is 0 Å². The number of para-hydroxylation sites is 1. The Kier molecular flexibility index (Phi) is 3.78. The number of hydrogen-bond acceptors (Lipinski definition) is 4. The predicted molar refractivity (Wildman–Crippen MR) is 80.5 cm³/mol. The Balaban J connectivity index is 2.03. The van der Waals surface area contributed by atoms with E-state index in [0.29, 0.717) is 11.3 Å². The fraction of sp³-hybridized carbons (Fsp3) is 0.176. The summed E-state index contributed by atoms with van der Waals surface area (Å²) in [6.45, 7) is -0.0791. The molecule has 5 heteroatoms. The number of benzene rings is 2. The molecular formula is C17H15NO4. The smallest absolute Gasteiger partial charge is 0.330 e. The highest BCUT2D eigenvalue weighted by Crippen LogP contribution is 2.32. The van der Waals surface area contributed by atoms with Crippen molar-refractivity contribution in [2.75, 3.05) is 11.4 Å². The Morgan fingerprint density at radius 1 is 1.05 bits per heavy atom. The van der Waals surface area contributed by atoms with Crippen molar-refractivity contribution in [3.63, 3.8) is 0 Å². The molecule has 3 rings (SSSR count). The van der Waals surface area contributed by atoms with E-state index < -0.39 is 24.1 Å². The summed E-state index contributed by atoms with van der Waals surface area (Å²) in [5.41, 5.74) is 1.36. The van der Waals surface area contributed by atoms with Gasteiger partial charge in [-0.2, -0.15) is 0 Å². The minimum atomic E-state index is -1.02.